The fourth-order valence-electron chi connectivity index (χ4n) is 4.32. The molecule has 0 aromatic carbocycles. The molecule has 0 aromatic rings. The zero-order chi connectivity index (χ0) is 14.0. The van der Waals surface area contributed by atoms with E-state index in [4.69, 9.17) is 4.74 Å². The number of ether oxygens (including phenoxy) is 1. The fourth-order valence-corrected chi connectivity index (χ4v) is 4.32. The molecule has 4 nitrogen and oxygen atoms in total. The number of aliphatic hydroxyl groups is 2. The van der Waals surface area contributed by atoms with Crippen LogP contribution in [0.4, 0.5) is 0 Å². The second-order valence-electron chi connectivity index (χ2n) is 7.25. The number of esters is 1. The molecule has 2 fully saturated rings. The molecule has 0 unspecified atom stereocenters. The number of fused-ring (bicyclic) bond motifs is 2. The van der Waals surface area contributed by atoms with E-state index in [1.165, 1.54) is 0 Å². The molecule has 0 amide bonds. The Balaban J connectivity index is 2.05. The van der Waals surface area contributed by atoms with Crippen LogP contribution in [0.25, 0.3) is 0 Å². The van der Waals surface area contributed by atoms with Crippen molar-refractivity contribution in [3.63, 3.8) is 0 Å². The number of aliphatic hydroxyl groups excluding tert-OH is 1. The average Bonchev–Trinajstić information content (AvgIpc) is 2.75. The normalized spacial score (nSPS) is 48.1. The van der Waals surface area contributed by atoms with E-state index < -0.39 is 11.7 Å². The Labute approximate surface area is 113 Å². The maximum Gasteiger partial charge on any atom is 0.334 e. The number of carbonyl (C=O) groups excluding carboxylic acids is 1. The van der Waals surface area contributed by atoms with Crippen LogP contribution in [0.3, 0.4) is 0 Å². The molecular formula is C15H22O4. The molecule has 2 N–H and O–H groups in total. The van der Waals surface area contributed by atoms with Gasteiger partial charge in [0.1, 0.15) is 6.61 Å². The van der Waals surface area contributed by atoms with Crippen molar-refractivity contribution in [1.82, 2.24) is 0 Å². The minimum atomic E-state index is -0.916. The molecule has 4 heteroatoms. The Morgan fingerprint density at radius 1 is 1.42 bits per heavy atom. The summed E-state index contributed by atoms with van der Waals surface area (Å²) in [6, 6.07) is 0. The molecule has 1 aliphatic heterocycles. The van der Waals surface area contributed by atoms with Crippen LogP contribution in [0.1, 0.15) is 33.6 Å². The van der Waals surface area contributed by atoms with Gasteiger partial charge < -0.3 is 14.9 Å². The van der Waals surface area contributed by atoms with Crippen LogP contribution in [0, 0.1) is 23.2 Å². The van der Waals surface area contributed by atoms with Gasteiger partial charge in [0, 0.05) is 17.4 Å². The van der Waals surface area contributed by atoms with E-state index in [0.29, 0.717) is 12.0 Å². The number of hydrogen-bond acceptors (Lipinski definition) is 4. The van der Waals surface area contributed by atoms with Crippen molar-refractivity contribution in [2.45, 2.75) is 45.3 Å². The van der Waals surface area contributed by atoms with Gasteiger partial charge in [-0.2, -0.15) is 0 Å². The van der Waals surface area contributed by atoms with Crippen molar-refractivity contribution in [1.29, 1.82) is 0 Å². The highest BCUT2D eigenvalue weighted by molar-refractivity contribution is 5.91. The summed E-state index contributed by atoms with van der Waals surface area (Å²) in [4.78, 5) is 11.7. The Morgan fingerprint density at radius 2 is 2.11 bits per heavy atom. The molecule has 0 bridgehead atoms. The summed E-state index contributed by atoms with van der Waals surface area (Å²) >= 11 is 0. The molecule has 2 aliphatic carbocycles. The number of carbonyl (C=O) groups is 1. The van der Waals surface area contributed by atoms with Crippen LogP contribution in [0.2, 0.25) is 0 Å². The van der Waals surface area contributed by atoms with E-state index in [0.717, 1.165) is 6.42 Å². The first-order valence-corrected chi connectivity index (χ1v) is 7.04. The molecule has 19 heavy (non-hydrogen) atoms. The smallest absolute Gasteiger partial charge is 0.334 e. The molecular weight excluding hydrogens is 244 g/mol. The van der Waals surface area contributed by atoms with Crippen LogP contribution in [0.5, 0.6) is 0 Å². The van der Waals surface area contributed by atoms with Gasteiger partial charge in [-0.05, 0) is 18.3 Å². The van der Waals surface area contributed by atoms with Crippen molar-refractivity contribution in [3.8, 4) is 0 Å². The molecule has 5 atom stereocenters. The SMILES string of the molecule is C[C@@H]1C=C2C(=O)OC[C@H]2[C@H](O)[C@H]2CC(C)(C)C[C@@]12O. The van der Waals surface area contributed by atoms with Crippen molar-refractivity contribution in [3.05, 3.63) is 11.6 Å². The minimum Gasteiger partial charge on any atom is -0.462 e. The summed E-state index contributed by atoms with van der Waals surface area (Å²) < 4.78 is 5.06. The molecule has 3 rings (SSSR count). The Hall–Kier alpha value is -0.870. The fraction of sp³-hybridized carbons (Fsp3) is 0.800. The predicted octanol–water partition coefficient (Wildman–Crippen LogP) is 1.26. The molecule has 3 aliphatic rings. The molecule has 1 saturated heterocycles. The highest BCUT2D eigenvalue weighted by Gasteiger charge is 2.58. The van der Waals surface area contributed by atoms with Crippen molar-refractivity contribution in [2.24, 2.45) is 23.2 Å². The molecule has 106 valence electrons. The number of rotatable bonds is 0. The summed E-state index contributed by atoms with van der Waals surface area (Å²) in [5, 5.41) is 21.7. The average molecular weight is 266 g/mol. The van der Waals surface area contributed by atoms with E-state index in [1.807, 2.05) is 13.0 Å². The first-order valence-electron chi connectivity index (χ1n) is 7.04. The summed E-state index contributed by atoms with van der Waals surface area (Å²) in [7, 11) is 0. The van der Waals surface area contributed by atoms with E-state index in [2.05, 4.69) is 13.8 Å². The highest BCUT2D eigenvalue weighted by atomic mass is 16.5. The van der Waals surface area contributed by atoms with Gasteiger partial charge >= 0.3 is 5.97 Å². The van der Waals surface area contributed by atoms with Crippen LogP contribution < -0.4 is 0 Å². The van der Waals surface area contributed by atoms with E-state index in [-0.39, 0.29) is 35.7 Å². The standard InChI is InChI=1S/C15H22O4/c1-8-4-9-10(6-19-13(9)17)12(16)11-5-14(2,3)7-15(8,11)18/h4,8,10-12,16,18H,5-7H2,1-3H3/t8-,10-,11-,12+,15-/m1/s1. The van der Waals surface area contributed by atoms with Gasteiger partial charge in [-0.25, -0.2) is 4.79 Å². The number of hydrogen-bond donors (Lipinski definition) is 2. The second kappa shape index (κ2) is 3.83. The summed E-state index contributed by atoms with van der Waals surface area (Å²) in [6.45, 7) is 6.42. The van der Waals surface area contributed by atoms with Gasteiger partial charge in [-0.3, -0.25) is 0 Å². The first-order chi connectivity index (χ1) is 8.74. The van der Waals surface area contributed by atoms with E-state index >= 15 is 0 Å². The quantitative estimate of drug-likeness (QED) is 0.648. The maximum absolute atomic E-state index is 11.7. The van der Waals surface area contributed by atoms with Crippen LogP contribution >= 0.6 is 0 Å². The van der Waals surface area contributed by atoms with E-state index in [1.54, 1.807) is 0 Å². The molecule has 1 saturated carbocycles. The third-order valence-corrected chi connectivity index (χ3v) is 5.25. The summed E-state index contributed by atoms with van der Waals surface area (Å²) in [5.74, 6) is -0.938. The Bertz CT molecular complexity index is 453. The van der Waals surface area contributed by atoms with Crippen molar-refractivity contribution >= 4 is 5.97 Å². The highest BCUT2D eigenvalue weighted by Crippen LogP contribution is 2.55. The maximum atomic E-state index is 11.7. The minimum absolute atomic E-state index is 0.0173. The molecule has 0 aromatic heterocycles. The number of cyclic esters (lactones) is 1. The lowest BCUT2D eigenvalue weighted by molar-refractivity contribution is -0.135. The zero-order valence-electron chi connectivity index (χ0n) is 11.7. The first kappa shape index (κ1) is 13.1. The van der Waals surface area contributed by atoms with Gasteiger partial charge in [-0.1, -0.05) is 26.8 Å². The molecule has 0 spiro atoms. The van der Waals surface area contributed by atoms with Gasteiger partial charge in [0.2, 0.25) is 0 Å². The molecule has 0 radical (unpaired) electrons. The van der Waals surface area contributed by atoms with Crippen molar-refractivity contribution < 1.29 is 19.7 Å². The second-order valence-corrected chi connectivity index (χ2v) is 7.25. The van der Waals surface area contributed by atoms with Crippen LogP contribution in [-0.4, -0.2) is 34.5 Å². The lowest BCUT2D eigenvalue weighted by Crippen LogP contribution is -2.45. The third-order valence-electron chi connectivity index (χ3n) is 5.25. The van der Waals surface area contributed by atoms with Gasteiger partial charge in [-0.15, -0.1) is 0 Å². The Morgan fingerprint density at radius 3 is 2.79 bits per heavy atom. The lowest BCUT2D eigenvalue weighted by atomic mass is 9.77. The van der Waals surface area contributed by atoms with Crippen LogP contribution in [0.15, 0.2) is 11.6 Å². The van der Waals surface area contributed by atoms with E-state index in [9.17, 15) is 15.0 Å². The Kier molecular flexibility index (Phi) is 2.64. The van der Waals surface area contributed by atoms with Gasteiger partial charge in [0.25, 0.3) is 0 Å². The monoisotopic (exact) mass is 266 g/mol. The predicted molar refractivity (Wildman–Crippen MR) is 69.2 cm³/mol. The molecule has 1 heterocycles. The lowest BCUT2D eigenvalue weighted by Gasteiger charge is -2.36. The van der Waals surface area contributed by atoms with Gasteiger partial charge in [0.05, 0.1) is 17.6 Å². The summed E-state index contributed by atoms with van der Waals surface area (Å²) in [6.07, 6.45) is 2.56. The van der Waals surface area contributed by atoms with Crippen LogP contribution in [-0.2, 0) is 9.53 Å². The summed E-state index contributed by atoms with van der Waals surface area (Å²) in [5.41, 5.74) is -0.343. The van der Waals surface area contributed by atoms with Crippen molar-refractivity contribution in [2.75, 3.05) is 6.61 Å². The largest absolute Gasteiger partial charge is 0.462 e. The topological polar surface area (TPSA) is 66.8 Å². The van der Waals surface area contributed by atoms with Gasteiger partial charge in [0.15, 0.2) is 0 Å². The third kappa shape index (κ3) is 1.77. The zero-order valence-corrected chi connectivity index (χ0v) is 11.7.